The molecule has 8 heteroatoms. The number of piperazine rings is 1. The smallest absolute Gasteiger partial charge is 0.232 e. The maximum absolute atomic E-state index is 13.0. The average molecular weight is 411 g/mol. The Hall–Kier alpha value is -2.87. The standard InChI is InChI=1S/C21H19ClN4O3/c22-15-9-13-20(28)18(10-17-12-3-1-2-4-16(12)24-25-17)29-21(13)14(19(15)27)11-26-7-5-23-6-8-26/h1-4,9-10,23,27H,5-8,11H2,(H,24,25). The van der Waals surface area contributed by atoms with E-state index in [1.54, 1.807) is 6.08 Å². The summed E-state index contributed by atoms with van der Waals surface area (Å²) >= 11 is 6.22. The van der Waals surface area contributed by atoms with E-state index in [0.717, 1.165) is 37.1 Å². The van der Waals surface area contributed by atoms with E-state index in [9.17, 15) is 9.90 Å². The lowest BCUT2D eigenvalue weighted by Gasteiger charge is -2.28. The van der Waals surface area contributed by atoms with Crippen LogP contribution >= 0.6 is 11.6 Å². The first-order valence-electron chi connectivity index (χ1n) is 9.46. The lowest BCUT2D eigenvalue weighted by molar-refractivity contribution is 0.101. The van der Waals surface area contributed by atoms with Crippen molar-refractivity contribution in [3.05, 3.63) is 57.9 Å². The first kappa shape index (κ1) is 18.2. The maximum Gasteiger partial charge on any atom is 0.232 e. The number of carbonyl (C=O) groups is 1. The molecule has 2 aliphatic heterocycles. The molecule has 0 radical (unpaired) electrons. The number of fused-ring (bicyclic) bond motifs is 2. The van der Waals surface area contributed by atoms with Crippen molar-refractivity contribution >= 4 is 34.4 Å². The number of rotatable bonds is 3. The highest BCUT2D eigenvalue weighted by Crippen LogP contribution is 2.44. The third kappa shape index (κ3) is 3.17. The summed E-state index contributed by atoms with van der Waals surface area (Å²) in [5, 5.41) is 22.1. The Morgan fingerprint density at radius 1 is 1.28 bits per heavy atom. The van der Waals surface area contributed by atoms with Crippen molar-refractivity contribution in [2.75, 3.05) is 26.2 Å². The van der Waals surface area contributed by atoms with Crippen molar-refractivity contribution < 1.29 is 14.6 Å². The zero-order valence-electron chi connectivity index (χ0n) is 15.5. The zero-order chi connectivity index (χ0) is 20.0. The molecule has 1 aromatic heterocycles. The summed E-state index contributed by atoms with van der Waals surface area (Å²) < 4.78 is 5.95. The number of carbonyl (C=O) groups excluding carboxylic acids is 1. The molecule has 3 aromatic rings. The van der Waals surface area contributed by atoms with Crippen molar-refractivity contribution in [1.29, 1.82) is 0 Å². The van der Waals surface area contributed by atoms with E-state index in [1.165, 1.54) is 6.07 Å². The van der Waals surface area contributed by atoms with E-state index in [1.807, 2.05) is 24.3 Å². The first-order chi connectivity index (χ1) is 14.1. The molecule has 5 rings (SSSR count). The number of Topliss-reactive ketones (excluding diaryl/α,β-unsaturated/α-hetero) is 1. The molecule has 1 saturated heterocycles. The summed E-state index contributed by atoms with van der Waals surface area (Å²) in [6, 6.07) is 9.14. The Kier molecular flexibility index (Phi) is 4.50. The Labute approximate surface area is 171 Å². The summed E-state index contributed by atoms with van der Waals surface area (Å²) in [5.41, 5.74) is 2.40. The van der Waals surface area contributed by atoms with Crippen LogP contribution in [0.5, 0.6) is 11.5 Å². The SMILES string of the molecule is O=C1C(=Cc2n[nH]c3ccccc23)Oc2c1cc(Cl)c(O)c2CN1CCNCC1. The molecule has 0 spiro atoms. The predicted molar refractivity (Wildman–Crippen MR) is 110 cm³/mol. The van der Waals surface area contributed by atoms with Crippen LogP contribution in [0, 0.1) is 0 Å². The summed E-state index contributed by atoms with van der Waals surface area (Å²) in [4.78, 5) is 15.2. The van der Waals surface area contributed by atoms with E-state index in [4.69, 9.17) is 16.3 Å². The van der Waals surface area contributed by atoms with Crippen molar-refractivity contribution in [3.63, 3.8) is 0 Å². The van der Waals surface area contributed by atoms with Gasteiger partial charge >= 0.3 is 0 Å². The molecule has 29 heavy (non-hydrogen) atoms. The largest absolute Gasteiger partial charge is 0.506 e. The number of aromatic hydroxyl groups is 1. The fraction of sp³-hybridized carbons (Fsp3) is 0.238. The third-order valence-corrected chi connectivity index (χ3v) is 5.63. The van der Waals surface area contributed by atoms with Gasteiger partial charge < -0.3 is 15.2 Å². The molecule has 0 amide bonds. The molecule has 7 nitrogen and oxygen atoms in total. The zero-order valence-corrected chi connectivity index (χ0v) is 16.3. The van der Waals surface area contributed by atoms with Crippen molar-refractivity contribution in [3.8, 4) is 11.5 Å². The quantitative estimate of drug-likeness (QED) is 0.575. The minimum Gasteiger partial charge on any atom is -0.506 e. The van der Waals surface area contributed by atoms with Crippen LogP contribution in [0.4, 0.5) is 0 Å². The minimum atomic E-state index is -0.268. The number of hydrogen-bond acceptors (Lipinski definition) is 6. The highest BCUT2D eigenvalue weighted by atomic mass is 35.5. The number of H-pyrrole nitrogens is 1. The molecule has 2 aliphatic rings. The van der Waals surface area contributed by atoms with E-state index in [-0.39, 0.29) is 22.3 Å². The van der Waals surface area contributed by atoms with Gasteiger partial charge in [-0.05, 0) is 12.1 Å². The number of ketones is 1. The van der Waals surface area contributed by atoms with Crippen molar-refractivity contribution in [1.82, 2.24) is 20.4 Å². The van der Waals surface area contributed by atoms with Crippen LogP contribution in [0.2, 0.25) is 5.02 Å². The molecule has 2 aromatic carbocycles. The molecule has 0 bridgehead atoms. The molecule has 0 unspecified atom stereocenters. The number of halogens is 1. The number of ether oxygens (including phenoxy) is 1. The van der Waals surface area contributed by atoms with Gasteiger partial charge in [0, 0.05) is 44.2 Å². The summed E-state index contributed by atoms with van der Waals surface area (Å²) in [7, 11) is 0. The second-order valence-electron chi connectivity index (χ2n) is 7.18. The molecular weight excluding hydrogens is 392 g/mol. The highest BCUT2D eigenvalue weighted by Gasteiger charge is 2.33. The fourth-order valence-corrected chi connectivity index (χ4v) is 4.03. The van der Waals surface area contributed by atoms with E-state index in [2.05, 4.69) is 20.4 Å². The van der Waals surface area contributed by atoms with Crippen LogP contribution in [0.3, 0.4) is 0 Å². The Morgan fingerprint density at radius 3 is 2.90 bits per heavy atom. The molecule has 3 heterocycles. The topological polar surface area (TPSA) is 90.5 Å². The van der Waals surface area contributed by atoms with Crippen LogP contribution in [-0.4, -0.2) is 52.2 Å². The van der Waals surface area contributed by atoms with Gasteiger partial charge in [0.1, 0.15) is 11.5 Å². The molecule has 0 saturated carbocycles. The van der Waals surface area contributed by atoms with Crippen LogP contribution in [0.15, 0.2) is 36.1 Å². The average Bonchev–Trinajstić information content (AvgIpc) is 3.28. The van der Waals surface area contributed by atoms with Gasteiger partial charge in [0.2, 0.25) is 5.78 Å². The van der Waals surface area contributed by atoms with E-state index >= 15 is 0 Å². The molecule has 0 aliphatic carbocycles. The molecule has 148 valence electrons. The number of phenols is 1. The van der Waals surface area contributed by atoms with Crippen LogP contribution < -0.4 is 10.1 Å². The lowest BCUT2D eigenvalue weighted by atomic mass is 10.0. The monoisotopic (exact) mass is 410 g/mol. The maximum atomic E-state index is 13.0. The number of nitrogens with one attached hydrogen (secondary N) is 2. The fourth-order valence-electron chi connectivity index (χ4n) is 3.80. The number of allylic oxidation sites excluding steroid dienone is 1. The number of aromatic amines is 1. The Morgan fingerprint density at radius 2 is 2.07 bits per heavy atom. The van der Waals surface area contributed by atoms with Gasteiger partial charge in [0.15, 0.2) is 5.76 Å². The van der Waals surface area contributed by atoms with Gasteiger partial charge in [-0.15, -0.1) is 0 Å². The number of benzene rings is 2. The van der Waals surface area contributed by atoms with Gasteiger partial charge in [0.25, 0.3) is 0 Å². The minimum absolute atomic E-state index is 0.0387. The molecular formula is C21H19ClN4O3. The third-order valence-electron chi connectivity index (χ3n) is 5.34. The Balaban J connectivity index is 1.53. The second kappa shape index (κ2) is 7.18. The van der Waals surface area contributed by atoms with Gasteiger partial charge in [-0.3, -0.25) is 14.8 Å². The summed E-state index contributed by atoms with van der Waals surface area (Å²) in [5.74, 6) is 0.237. The van der Waals surface area contributed by atoms with E-state index in [0.29, 0.717) is 29.1 Å². The van der Waals surface area contributed by atoms with Crippen molar-refractivity contribution in [2.45, 2.75) is 6.54 Å². The number of phenolic OH excluding ortho intramolecular Hbond substituents is 1. The van der Waals surface area contributed by atoms with Gasteiger partial charge in [-0.1, -0.05) is 29.8 Å². The number of aromatic nitrogens is 2. The van der Waals surface area contributed by atoms with Crippen LogP contribution in [0.1, 0.15) is 21.6 Å². The van der Waals surface area contributed by atoms with Gasteiger partial charge in [-0.25, -0.2) is 0 Å². The molecule has 1 fully saturated rings. The highest BCUT2D eigenvalue weighted by molar-refractivity contribution is 6.33. The normalized spacial score (nSPS) is 18.4. The predicted octanol–water partition coefficient (Wildman–Crippen LogP) is 2.94. The van der Waals surface area contributed by atoms with Crippen LogP contribution in [-0.2, 0) is 6.54 Å². The van der Waals surface area contributed by atoms with E-state index < -0.39 is 0 Å². The summed E-state index contributed by atoms with van der Waals surface area (Å²) in [6.45, 7) is 3.90. The number of para-hydroxylation sites is 1. The number of nitrogens with zero attached hydrogens (tertiary/aromatic N) is 2. The lowest BCUT2D eigenvalue weighted by Crippen LogP contribution is -2.42. The van der Waals surface area contributed by atoms with Gasteiger partial charge in [-0.2, -0.15) is 5.10 Å². The summed E-state index contributed by atoms with van der Waals surface area (Å²) in [6.07, 6.45) is 1.63. The second-order valence-corrected chi connectivity index (χ2v) is 7.59. The number of hydrogen-bond donors (Lipinski definition) is 3. The van der Waals surface area contributed by atoms with Crippen molar-refractivity contribution in [2.24, 2.45) is 0 Å². The van der Waals surface area contributed by atoms with Gasteiger partial charge in [0.05, 0.1) is 27.4 Å². The molecule has 0 atom stereocenters. The molecule has 3 N–H and O–H groups in total. The first-order valence-corrected chi connectivity index (χ1v) is 9.84. The van der Waals surface area contributed by atoms with Crippen LogP contribution in [0.25, 0.3) is 17.0 Å². The Bertz CT molecular complexity index is 1150.